The number of nitrogens with zero attached hydrogens (tertiary/aromatic N) is 6. The molecule has 0 amide bonds. The third-order valence-electron chi connectivity index (χ3n) is 9.66. The van der Waals surface area contributed by atoms with E-state index in [4.69, 9.17) is 9.73 Å². The fourth-order valence-corrected chi connectivity index (χ4v) is 7.80. The molecule has 10 nitrogen and oxygen atoms in total. The lowest BCUT2D eigenvalue weighted by atomic mass is 9.75. The number of benzene rings is 1. The number of fused-ring (bicyclic) bond motifs is 2. The van der Waals surface area contributed by atoms with Gasteiger partial charge in [-0.05, 0) is 100 Å². The first-order valence-corrected chi connectivity index (χ1v) is 15.7. The Kier molecular flexibility index (Phi) is 8.45. The van der Waals surface area contributed by atoms with E-state index in [1.165, 1.54) is 0 Å². The number of nitriles is 1. The zero-order valence-electron chi connectivity index (χ0n) is 27.1. The van der Waals surface area contributed by atoms with Gasteiger partial charge in [0.25, 0.3) is 0 Å². The first-order chi connectivity index (χ1) is 20.7. The zero-order valence-corrected chi connectivity index (χ0v) is 27.1. The Balaban J connectivity index is 1.55. The number of anilines is 1. The molecule has 44 heavy (non-hydrogen) atoms. The Morgan fingerprint density at radius 2 is 1.82 bits per heavy atom. The summed E-state index contributed by atoms with van der Waals surface area (Å²) in [6.07, 6.45) is 3.30. The van der Waals surface area contributed by atoms with E-state index in [2.05, 4.69) is 74.8 Å². The summed E-state index contributed by atoms with van der Waals surface area (Å²) >= 11 is 0. The van der Waals surface area contributed by atoms with Gasteiger partial charge in [0.1, 0.15) is 29.1 Å². The minimum Gasteiger partial charge on any atom is -0.481 e. The van der Waals surface area contributed by atoms with Crippen LogP contribution in [0, 0.1) is 42.9 Å². The van der Waals surface area contributed by atoms with E-state index in [1.54, 1.807) is 11.5 Å². The van der Waals surface area contributed by atoms with Crippen molar-refractivity contribution in [2.45, 2.75) is 105 Å². The third kappa shape index (κ3) is 5.64. The maximum absolute atomic E-state index is 13.7. The molecular weight excluding hydrogens is 556 g/mol. The molecule has 0 spiro atoms. The van der Waals surface area contributed by atoms with E-state index >= 15 is 0 Å². The summed E-state index contributed by atoms with van der Waals surface area (Å²) in [5, 5.41) is 28.1. The van der Waals surface area contributed by atoms with Crippen LogP contribution in [-0.4, -0.2) is 55.8 Å². The van der Waals surface area contributed by atoms with Gasteiger partial charge < -0.3 is 14.7 Å². The molecule has 1 fully saturated rings. The van der Waals surface area contributed by atoms with Crippen LogP contribution in [0.5, 0.6) is 0 Å². The van der Waals surface area contributed by atoms with Crippen molar-refractivity contribution >= 4 is 34.7 Å². The second kappa shape index (κ2) is 11.8. The van der Waals surface area contributed by atoms with Crippen molar-refractivity contribution in [1.29, 1.82) is 5.26 Å². The number of rotatable bonds is 7. The van der Waals surface area contributed by atoms with Gasteiger partial charge in [0.15, 0.2) is 11.7 Å². The fourth-order valence-electron chi connectivity index (χ4n) is 7.80. The van der Waals surface area contributed by atoms with E-state index in [9.17, 15) is 20.0 Å². The number of carboxylic acid groups (broad SMARTS) is 1. The topological polar surface area (TPSA) is 134 Å². The van der Waals surface area contributed by atoms with Crippen LogP contribution in [0.1, 0.15) is 102 Å². The van der Waals surface area contributed by atoms with Crippen LogP contribution in [0.15, 0.2) is 22.7 Å². The average molecular weight is 601 g/mol. The summed E-state index contributed by atoms with van der Waals surface area (Å²) in [5.41, 5.74) is 3.92. The number of carbonyl (C=O) groups excluding carboxylic acids is 1. The Labute approximate surface area is 259 Å². The molecule has 3 aliphatic rings. The normalized spacial score (nSPS) is 26.8. The lowest BCUT2D eigenvalue weighted by molar-refractivity contribution is -0.150. The van der Waals surface area contributed by atoms with Crippen LogP contribution in [0.25, 0.3) is 5.57 Å². The number of aromatic nitrogens is 3. The standard InChI is InChI=1S/C34H44N6O4/c1-18-12-20(3)30(21(4)13-18)44-33(43)29-25(17-35)31(40-23(6)37-38-32(29)40)36-26-15-24-22(5)16-34(7,8)39(11-9-10-28(41)42)27(24)14-19(26)2/h14-15,18,20-22,30H,9-13,16H2,1-8H3,(H,41,42)/b36-31+. The van der Waals surface area contributed by atoms with E-state index < -0.39 is 11.9 Å². The number of allylic oxidation sites excluding steroid dienone is 1. The maximum Gasteiger partial charge on any atom is 0.343 e. The highest BCUT2D eigenvalue weighted by atomic mass is 16.5. The highest BCUT2D eigenvalue weighted by molar-refractivity contribution is 6.30. The number of aryl methyl sites for hydroxylation is 2. The Bertz CT molecular complexity index is 1580. The van der Waals surface area contributed by atoms with E-state index in [1.807, 2.05) is 6.92 Å². The van der Waals surface area contributed by atoms with Crippen molar-refractivity contribution in [2.24, 2.45) is 22.7 Å². The summed E-state index contributed by atoms with van der Waals surface area (Å²) < 4.78 is 7.78. The molecule has 1 aliphatic carbocycles. The van der Waals surface area contributed by atoms with Crippen LogP contribution < -0.4 is 4.90 Å². The number of aliphatic carboxylic acids is 1. The van der Waals surface area contributed by atoms with Crippen molar-refractivity contribution < 1.29 is 19.4 Å². The van der Waals surface area contributed by atoms with Crippen LogP contribution >= 0.6 is 0 Å². The number of aliphatic imine (C=N–C) groups is 1. The molecule has 10 heteroatoms. The molecule has 0 saturated heterocycles. The first-order valence-electron chi connectivity index (χ1n) is 15.7. The first kappa shape index (κ1) is 31.4. The monoisotopic (exact) mass is 600 g/mol. The molecule has 2 aromatic rings. The van der Waals surface area contributed by atoms with Crippen molar-refractivity contribution in [2.75, 3.05) is 11.4 Å². The number of carboxylic acids is 1. The van der Waals surface area contributed by atoms with Gasteiger partial charge in [-0.25, -0.2) is 9.79 Å². The Morgan fingerprint density at radius 3 is 2.45 bits per heavy atom. The highest BCUT2D eigenvalue weighted by Gasteiger charge is 2.41. The maximum atomic E-state index is 13.7. The van der Waals surface area contributed by atoms with Crippen LogP contribution in [0.3, 0.4) is 0 Å². The summed E-state index contributed by atoms with van der Waals surface area (Å²) in [7, 11) is 0. The molecule has 0 radical (unpaired) electrons. The van der Waals surface area contributed by atoms with E-state index in [0.29, 0.717) is 36.2 Å². The lowest BCUT2D eigenvalue weighted by Gasteiger charge is -2.48. The predicted molar refractivity (Wildman–Crippen MR) is 169 cm³/mol. The van der Waals surface area contributed by atoms with Gasteiger partial charge in [0.05, 0.1) is 5.69 Å². The third-order valence-corrected chi connectivity index (χ3v) is 9.66. The van der Waals surface area contributed by atoms with E-state index in [-0.39, 0.29) is 52.8 Å². The van der Waals surface area contributed by atoms with Gasteiger partial charge in [-0.15, -0.1) is 10.2 Å². The average Bonchev–Trinajstić information content (AvgIpc) is 3.45. The van der Waals surface area contributed by atoms with Crippen LogP contribution in [0.4, 0.5) is 11.4 Å². The van der Waals surface area contributed by atoms with Gasteiger partial charge in [0.2, 0.25) is 0 Å². The molecule has 1 N–H and O–H groups in total. The van der Waals surface area contributed by atoms with Crippen molar-refractivity contribution in [3.8, 4) is 6.07 Å². The quantitative estimate of drug-likeness (QED) is 0.364. The minimum absolute atomic E-state index is 0.111. The molecule has 3 heterocycles. The summed E-state index contributed by atoms with van der Waals surface area (Å²) in [5.74, 6) is 1.01. The number of hydrogen-bond acceptors (Lipinski definition) is 8. The second-order valence-corrected chi connectivity index (χ2v) is 13.9. The molecule has 2 aliphatic heterocycles. The molecule has 3 unspecified atom stereocenters. The molecule has 1 saturated carbocycles. The van der Waals surface area contributed by atoms with E-state index in [0.717, 1.165) is 36.1 Å². The SMILES string of the molecule is Cc1cc2c(cc1/N=C1\C(C#N)=C(C(=O)OC3C(C)CC(C)CC3C)c3nnc(C)n31)C(C)CC(C)(C)N2CCCC(=O)O. The van der Waals surface area contributed by atoms with Gasteiger partial charge in [-0.2, -0.15) is 5.26 Å². The predicted octanol–water partition coefficient (Wildman–Crippen LogP) is 6.33. The van der Waals surface area contributed by atoms with Crippen molar-refractivity contribution in [1.82, 2.24) is 14.8 Å². The largest absolute Gasteiger partial charge is 0.481 e. The van der Waals surface area contributed by atoms with Crippen LogP contribution in [0.2, 0.25) is 0 Å². The summed E-state index contributed by atoms with van der Waals surface area (Å²) in [6, 6.07) is 6.42. The van der Waals surface area contributed by atoms with Crippen molar-refractivity contribution in [3.63, 3.8) is 0 Å². The van der Waals surface area contributed by atoms with Crippen molar-refractivity contribution in [3.05, 3.63) is 40.5 Å². The molecular formula is C34H44N6O4. The number of hydrogen-bond donors (Lipinski definition) is 1. The van der Waals surface area contributed by atoms with Gasteiger partial charge in [0, 0.05) is 24.2 Å². The Hall–Kier alpha value is -4.00. The molecule has 234 valence electrons. The number of esters is 1. The fraction of sp³-hybridized carbons (Fsp3) is 0.588. The number of ether oxygens (including phenoxy) is 1. The van der Waals surface area contributed by atoms with Crippen LogP contribution in [-0.2, 0) is 14.3 Å². The summed E-state index contributed by atoms with van der Waals surface area (Å²) in [6.45, 7) is 17.5. The lowest BCUT2D eigenvalue weighted by Crippen LogP contribution is -2.48. The molecule has 1 aromatic heterocycles. The molecule has 5 rings (SSSR count). The molecule has 3 atom stereocenters. The Morgan fingerprint density at radius 1 is 1.14 bits per heavy atom. The second-order valence-electron chi connectivity index (χ2n) is 13.9. The number of carbonyl (C=O) groups is 2. The zero-order chi connectivity index (χ0) is 32.1. The molecule has 0 bridgehead atoms. The highest BCUT2D eigenvalue weighted by Crippen LogP contribution is 2.46. The van der Waals surface area contributed by atoms with Gasteiger partial charge in [-0.3, -0.25) is 9.36 Å². The molecule has 1 aromatic carbocycles. The smallest absolute Gasteiger partial charge is 0.343 e. The summed E-state index contributed by atoms with van der Waals surface area (Å²) in [4.78, 5) is 32.3. The van der Waals surface area contributed by atoms with Gasteiger partial charge in [-0.1, -0.05) is 27.7 Å². The minimum atomic E-state index is -0.794. The van der Waals surface area contributed by atoms with Gasteiger partial charge >= 0.3 is 11.9 Å².